The van der Waals surface area contributed by atoms with Gasteiger partial charge in [0.2, 0.25) is 5.78 Å². The van der Waals surface area contributed by atoms with Gasteiger partial charge in [0.1, 0.15) is 5.69 Å². The molecule has 0 amide bonds. The smallest absolute Gasteiger partial charge is 0.310 e. The van der Waals surface area contributed by atoms with Crippen LogP contribution in [0.3, 0.4) is 0 Å². The number of halogens is 1. The number of carbonyl (C=O) groups is 2. The molecule has 25 heavy (non-hydrogen) atoms. The van der Waals surface area contributed by atoms with Crippen LogP contribution >= 0.6 is 11.6 Å². The molecule has 2 aromatic heterocycles. The standard InChI is InChI=1S/C19H17ClN2O3/c1-3-11-5-4-8-21-17(11)19(24)18-14(10-16(23)25-2)13-9-12(20)6-7-15(13)22-18/h4-9,22H,3,10H2,1-2H3. The van der Waals surface area contributed by atoms with E-state index < -0.39 is 5.97 Å². The second-order valence-electron chi connectivity index (χ2n) is 5.62. The van der Waals surface area contributed by atoms with Crippen LogP contribution in [0.5, 0.6) is 0 Å². The van der Waals surface area contributed by atoms with E-state index in [1.165, 1.54) is 7.11 Å². The number of ether oxygens (including phenoxy) is 1. The number of H-pyrrole nitrogens is 1. The number of ketones is 1. The molecular weight excluding hydrogens is 340 g/mol. The molecule has 0 atom stereocenters. The highest BCUT2D eigenvalue weighted by atomic mass is 35.5. The number of hydrogen-bond donors (Lipinski definition) is 1. The van der Waals surface area contributed by atoms with Gasteiger partial charge in [-0.25, -0.2) is 0 Å². The number of carbonyl (C=O) groups excluding carboxylic acids is 2. The van der Waals surface area contributed by atoms with Gasteiger partial charge in [-0.1, -0.05) is 24.6 Å². The number of pyridine rings is 1. The molecule has 1 N–H and O–H groups in total. The van der Waals surface area contributed by atoms with E-state index in [9.17, 15) is 9.59 Å². The third-order valence-electron chi connectivity index (χ3n) is 4.13. The Hall–Kier alpha value is -2.66. The maximum Gasteiger partial charge on any atom is 0.310 e. The van der Waals surface area contributed by atoms with Gasteiger partial charge in [-0.3, -0.25) is 14.6 Å². The van der Waals surface area contributed by atoms with E-state index in [0.717, 1.165) is 16.5 Å². The summed E-state index contributed by atoms with van der Waals surface area (Å²) in [5.74, 6) is -0.671. The fourth-order valence-corrected chi connectivity index (χ4v) is 3.03. The molecule has 6 heteroatoms. The Morgan fingerprint density at radius 3 is 2.80 bits per heavy atom. The Bertz CT molecular complexity index is 962. The number of methoxy groups -OCH3 is 1. The first-order chi connectivity index (χ1) is 12.0. The molecule has 0 radical (unpaired) electrons. The van der Waals surface area contributed by atoms with Gasteiger partial charge in [-0.2, -0.15) is 0 Å². The van der Waals surface area contributed by atoms with Gasteiger partial charge in [0, 0.05) is 27.7 Å². The van der Waals surface area contributed by atoms with Crippen LogP contribution in [0, 0.1) is 0 Å². The minimum atomic E-state index is -0.424. The first-order valence-electron chi connectivity index (χ1n) is 7.90. The van der Waals surface area contributed by atoms with Crippen LogP contribution in [-0.4, -0.2) is 28.8 Å². The molecular formula is C19H17ClN2O3. The zero-order valence-electron chi connectivity index (χ0n) is 13.9. The summed E-state index contributed by atoms with van der Waals surface area (Å²) in [5.41, 5.74) is 2.89. The number of rotatable bonds is 5. The number of nitrogens with zero attached hydrogens (tertiary/aromatic N) is 1. The first-order valence-corrected chi connectivity index (χ1v) is 8.28. The van der Waals surface area contributed by atoms with Crippen molar-refractivity contribution in [2.75, 3.05) is 7.11 Å². The van der Waals surface area contributed by atoms with Crippen molar-refractivity contribution in [1.29, 1.82) is 0 Å². The van der Waals surface area contributed by atoms with Gasteiger partial charge in [0.15, 0.2) is 0 Å². The molecule has 128 valence electrons. The van der Waals surface area contributed by atoms with E-state index in [1.807, 2.05) is 13.0 Å². The summed E-state index contributed by atoms with van der Waals surface area (Å²) < 4.78 is 4.78. The quantitative estimate of drug-likeness (QED) is 0.558. The summed E-state index contributed by atoms with van der Waals surface area (Å²) in [4.78, 5) is 32.3. The van der Waals surface area contributed by atoms with E-state index >= 15 is 0 Å². The molecule has 3 aromatic rings. The SMILES string of the molecule is CCc1cccnc1C(=O)c1[nH]c2ccc(Cl)cc2c1CC(=O)OC. The number of aryl methyl sites for hydroxylation is 1. The van der Waals surface area contributed by atoms with Gasteiger partial charge >= 0.3 is 5.97 Å². The second-order valence-corrected chi connectivity index (χ2v) is 6.05. The van der Waals surface area contributed by atoms with Crippen molar-refractivity contribution in [2.45, 2.75) is 19.8 Å². The zero-order valence-corrected chi connectivity index (χ0v) is 14.7. The highest BCUT2D eigenvalue weighted by molar-refractivity contribution is 6.31. The molecule has 0 unspecified atom stereocenters. The highest BCUT2D eigenvalue weighted by Gasteiger charge is 2.23. The lowest BCUT2D eigenvalue weighted by molar-refractivity contribution is -0.139. The summed E-state index contributed by atoms with van der Waals surface area (Å²) >= 11 is 6.09. The lowest BCUT2D eigenvalue weighted by atomic mass is 10.0. The van der Waals surface area contributed by atoms with Crippen molar-refractivity contribution < 1.29 is 14.3 Å². The summed E-state index contributed by atoms with van der Waals surface area (Å²) in [6.45, 7) is 1.97. The maximum absolute atomic E-state index is 13.1. The molecule has 0 fully saturated rings. The molecule has 3 rings (SSSR count). The Morgan fingerprint density at radius 1 is 1.28 bits per heavy atom. The topological polar surface area (TPSA) is 72.0 Å². The number of hydrogen-bond acceptors (Lipinski definition) is 4. The summed E-state index contributed by atoms with van der Waals surface area (Å²) in [6.07, 6.45) is 2.26. The van der Waals surface area contributed by atoms with Crippen molar-refractivity contribution in [3.05, 3.63) is 64.1 Å². The van der Waals surface area contributed by atoms with E-state index in [4.69, 9.17) is 16.3 Å². The Kier molecular flexibility index (Phi) is 4.86. The lowest BCUT2D eigenvalue weighted by Crippen LogP contribution is -2.13. The fraction of sp³-hybridized carbons (Fsp3) is 0.211. The predicted molar refractivity (Wildman–Crippen MR) is 96.1 cm³/mol. The molecule has 0 aliphatic rings. The average molecular weight is 357 g/mol. The summed E-state index contributed by atoms with van der Waals surface area (Å²) in [5, 5.41) is 1.26. The molecule has 1 aromatic carbocycles. The molecule has 2 heterocycles. The molecule has 0 aliphatic heterocycles. The normalized spacial score (nSPS) is 10.8. The molecule has 0 bridgehead atoms. The van der Waals surface area contributed by atoms with Gasteiger partial charge in [0.25, 0.3) is 0 Å². The van der Waals surface area contributed by atoms with E-state index in [2.05, 4.69) is 9.97 Å². The van der Waals surface area contributed by atoms with Crippen LogP contribution < -0.4 is 0 Å². The third-order valence-corrected chi connectivity index (χ3v) is 4.37. The second kappa shape index (κ2) is 7.07. The third kappa shape index (κ3) is 3.28. The molecule has 0 aliphatic carbocycles. The van der Waals surface area contributed by atoms with Crippen LogP contribution in [-0.2, 0) is 22.4 Å². The maximum atomic E-state index is 13.1. The predicted octanol–water partition coefficient (Wildman–Crippen LogP) is 3.73. The van der Waals surface area contributed by atoms with Crippen molar-refractivity contribution >= 4 is 34.3 Å². The monoisotopic (exact) mass is 356 g/mol. The van der Waals surface area contributed by atoms with Gasteiger partial charge in [-0.15, -0.1) is 0 Å². The van der Waals surface area contributed by atoms with Gasteiger partial charge < -0.3 is 9.72 Å². The number of esters is 1. The highest BCUT2D eigenvalue weighted by Crippen LogP contribution is 2.28. The number of aromatic amines is 1. The first kappa shape index (κ1) is 17.2. The van der Waals surface area contributed by atoms with Crippen LogP contribution in [0.25, 0.3) is 10.9 Å². The average Bonchev–Trinajstić information content (AvgIpc) is 2.98. The van der Waals surface area contributed by atoms with E-state index in [1.54, 1.807) is 30.5 Å². The van der Waals surface area contributed by atoms with E-state index in [-0.39, 0.29) is 12.2 Å². The van der Waals surface area contributed by atoms with Crippen molar-refractivity contribution in [2.24, 2.45) is 0 Å². The molecule has 0 saturated carbocycles. The number of fused-ring (bicyclic) bond motifs is 1. The van der Waals surface area contributed by atoms with Gasteiger partial charge in [0.05, 0.1) is 19.2 Å². The fourth-order valence-electron chi connectivity index (χ4n) is 2.86. The molecule has 0 saturated heterocycles. The Labute approximate surface area is 150 Å². The minimum absolute atomic E-state index is 0.0216. The largest absolute Gasteiger partial charge is 0.469 e. The molecule has 5 nitrogen and oxygen atoms in total. The number of benzene rings is 1. The number of nitrogens with one attached hydrogen (secondary N) is 1. The van der Waals surface area contributed by atoms with Crippen molar-refractivity contribution in [1.82, 2.24) is 9.97 Å². The lowest BCUT2D eigenvalue weighted by Gasteiger charge is -2.07. The van der Waals surface area contributed by atoms with Crippen LogP contribution in [0.4, 0.5) is 0 Å². The van der Waals surface area contributed by atoms with Crippen molar-refractivity contribution in [3.63, 3.8) is 0 Å². The van der Waals surface area contributed by atoms with Gasteiger partial charge in [-0.05, 0) is 36.2 Å². The zero-order chi connectivity index (χ0) is 18.0. The van der Waals surface area contributed by atoms with Crippen LogP contribution in [0.1, 0.15) is 34.2 Å². The van der Waals surface area contributed by atoms with Crippen LogP contribution in [0.15, 0.2) is 36.5 Å². The van der Waals surface area contributed by atoms with E-state index in [0.29, 0.717) is 28.4 Å². The van der Waals surface area contributed by atoms with Crippen LogP contribution in [0.2, 0.25) is 5.02 Å². The molecule has 0 spiro atoms. The number of aromatic nitrogens is 2. The summed E-state index contributed by atoms with van der Waals surface area (Å²) in [6, 6.07) is 8.93. The van der Waals surface area contributed by atoms with Crippen molar-refractivity contribution in [3.8, 4) is 0 Å². The minimum Gasteiger partial charge on any atom is -0.469 e. The summed E-state index contributed by atoms with van der Waals surface area (Å²) in [7, 11) is 1.32. The Balaban J connectivity index is 2.19. The Morgan fingerprint density at radius 2 is 2.08 bits per heavy atom.